The van der Waals surface area contributed by atoms with Crippen molar-refractivity contribution in [2.45, 2.75) is 38.6 Å². The van der Waals surface area contributed by atoms with Gasteiger partial charge in [-0.2, -0.15) is 0 Å². The highest BCUT2D eigenvalue weighted by Crippen LogP contribution is 2.35. The van der Waals surface area contributed by atoms with Crippen molar-refractivity contribution in [2.75, 3.05) is 26.2 Å². The van der Waals surface area contributed by atoms with Crippen molar-refractivity contribution in [3.05, 3.63) is 54.1 Å². The van der Waals surface area contributed by atoms with Gasteiger partial charge in [-0.15, -0.1) is 0 Å². The maximum absolute atomic E-state index is 5.01. The Morgan fingerprint density at radius 3 is 3.00 bits per heavy atom. The standard InChI is InChI=1S/C21H29N5/c1-3-23-21(24-13-18-12-17-6-4-5-7-19(17)18)25-10-8-16(2)20(14-25)26-11-9-22-15-26/h4-7,9,11,15-16,18,20H,3,8,10,12-14H2,1-2H3,(H,23,24). The number of guanidine groups is 1. The molecule has 0 saturated carbocycles. The average Bonchev–Trinajstić information content (AvgIpc) is 3.16. The zero-order chi connectivity index (χ0) is 17.9. The molecule has 0 amide bonds. The molecule has 1 saturated heterocycles. The summed E-state index contributed by atoms with van der Waals surface area (Å²) in [7, 11) is 0. The van der Waals surface area contributed by atoms with Gasteiger partial charge in [0.05, 0.1) is 12.4 Å². The quantitative estimate of drug-likeness (QED) is 0.680. The third-order valence-corrected chi connectivity index (χ3v) is 5.88. The Morgan fingerprint density at radius 2 is 2.23 bits per heavy atom. The number of rotatable bonds is 4. The van der Waals surface area contributed by atoms with E-state index in [1.54, 1.807) is 0 Å². The van der Waals surface area contributed by atoms with Crippen LogP contribution in [0.3, 0.4) is 0 Å². The number of hydrogen-bond donors (Lipinski definition) is 1. The zero-order valence-electron chi connectivity index (χ0n) is 15.8. The van der Waals surface area contributed by atoms with E-state index in [9.17, 15) is 0 Å². The second-order valence-corrected chi connectivity index (χ2v) is 7.58. The molecule has 1 aromatic heterocycles. The molecule has 1 fully saturated rings. The molecule has 0 bridgehead atoms. The summed E-state index contributed by atoms with van der Waals surface area (Å²) >= 11 is 0. The number of likely N-dealkylation sites (tertiary alicyclic amines) is 1. The summed E-state index contributed by atoms with van der Waals surface area (Å²) in [6.07, 6.45) is 8.24. The first-order chi connectivity index (χ1) is 12.8. The normalized spacial score (nSPS) is 25.5. The molecular weight excluding hydrogens is 322 g/mol. The molecule has 2 aromatic rings. The van der Waals surface area contributed by atoms with E-state index in [-0.39, 0.29) is 0 Å². The fourth-order valence-electron chi connectivity index (χ4n) is 4.24. The molecule has 1 aromatic carbocycles. The van der Waals surface area contributed by atoms with Crippen LogP contribution in [0, 0.1) is 5.92 Å². The topological polar surface area (TPSA) is 45.5 Å². The minimum atomic E-state index is 0.458. The Kier molecular flexibility index (Phi) is 4.96. The van der Waals surface area contributed by atoms with E-state index in [0.29, 0.717) is 17.9 Å². The van der Waals surface area contributed by atoms with E-state index >= 15 is 0 Å². The summed E-state index contributed by atoms with van der Waals surface area (Å²) in [5.74, 6) is 2.30. The fraction of sp³-hybridized carbons (Fsp3) is 0.524. The number of piperidine rings is 1. The lowest BCUT2D eigenvalue weighted by molar-refractivity contribution is 0.189. The van der Waals surface area contributed by atoms with Crippen LogP contribution >= 0.6 is 0 Å². The van der Waals surface area contributed by atoms with Crippen molar-refractivity contribution in [1.29, 1.82) is 0 Å². The molecule has 1 N–H and O–H groups in total. The molecule has 0 radical (unpaired) electrons. The number of benzene rings is 1. The smallest absolute Gasteiger partial charge is 0.194 e. The summed E-state index contributed by atoms with van der Waals surface area (Å²) in [4.78, 5) is 11.7. The summed E-state index contributed by atoms with van der Waals surface area (Å²) in [6, 6.07) is 9.22. The number of hydrogen-bond acceptors (Lipinski definition) is 2. The summed E-state index contributed by atoms with van der Waals surface area (Å²) < 4.78 is 2.25. The molecule has 138 valence electrons. The van der Waals surface area contributed by atoms with Crippen LogP contribution in [0.1, 0.15) is 43.4 Å². The fourth-order valence-corrected chi connectivity index (χ4v) is 4.24. The van der Waals surface area contributed by atoms with Crippen LogP contribution in [0.25, 0.3) is 0 Å². The number of fused-ring (bicyclic) bond motifs is 1. The second-order valence-electron chi connectivity index (χ2n) is 7.58. The average molecular weight is 351 g/mol. The van der Waals surface area contributed by atoms with Crippen molar-refractivity contribution < 1.29 is 0 Å². The zero-order valence-corrected chi connectivity index (χ0v) is 15.8. The number of imidazole rings is 1. The van der Waals surface area contributed by atoms with Crippen LogP contribution in [0.5, 0.6) is 0 Å². The maximum Gasteiger partial charge on any atom is 0.194 e. The van der Waals surface area contributed by atoms with Gasteiger partial charge >= 0.3 is 0 Å². The molecule has 0 spiro atoms. The highest BCUT2D eigenvalue weighted by molar-refractivity contribution is 5.80. The van der Waals surface area contributed by atoms with E-state index in [1.165, 1.54) is 17.5 Å². The molecule has 26 heavy (non-hydrogen) atoms. The molecular formula is C21H29N5. The lowest BCUT2D eigenvalue weighted by Crippen LogP contribution is -2.49. The first-order valence-electron chi connectivity index (χ1n) is 9.84. The van der Waals surface area contributed by atoms with E-state index in [1.807, 2.05) is 12.5 Å². The van der Waals surface area contributed by atoms with Gasteiger partial charge in [-0.05, 0) is 36.8 Å². The van der Waals surface area contributed by atoms with Crippen molar-refractivity contribution in [3.8, 4) is 0 Å². The van der Waals surface area contributed by atoms with Gasteiger partial charge in [0.1, 0.15) is 0 Å². The highest BCUT2D eigenvalue weighted by Gasteiger charge is 2.30. The van der Waals surface area contributed by atoms with Gasteiger partial charge in [0.25, 0.3) is 0 Å². The summed E-state index contributed by atoms with van der Waals surface area (Å²) in [5.41, 5.74) is 2.97. The number of aromatic nitrogens is 2. The highest BCUT2D eigenvalue weighted by atomic mass is 15.3. The van der Waals surface area contributed by atoms with Crippen LogP contribution < -0.4 is 5.32 Å². The number of aliphatic imine (C=N–C) groups is 1. The lowest BCUT2D eigenvalue weighted by Gasteiger charge is -2.39. The van der Waals surface area contributed by atoms with Crippen molar-refractivity contribution >= 4 is 5.96 Å². The predicted molar refractivity (Wildman–Crippen MR) is 105 cm³/mol. The molecule has 4 rings (SSSR count). The van der Waals surface area contributed by atoms with Gasteiger partial charge < -0.3 is 14.8 Å². The maximum atomic E-state index is 5.01. The van der Waals surface area contributed by atoms with Crippen molar-refractivity contribution in [2.24, 2.45) is 10.9 Å². The van der Waals surface area contributed by atoms with Crippen LogP contribution in [0.4, 0.5) is 0 Å². The molecule has 3 unspecified atom stereocenters. The molecule has 2 aliphatic rings. The summed E-state index contributed by atoms with van der Waals surface area (Å²) in [5, 5.41) is 3.51. The first-order valence-corrected chi connectivity index (χ1v) is 9.84. The van der Waals surface area contributed by atoms with Crippen molar-refractivity contribution in [1.82, 2.24) is 19.8 Å². The van der Waals surface area contributed by atoms with Crippen LogP contribution in [-0.2, 0) is 6.42 Å². The SMILES string of the molecule is CCNC(=NCC1Cc2ccccc21)N1CCC(C)C(n2ccnc2)C1. The molecule has 1 aliphatic carbocycles. The molecule has 2 heterocycles. The minimum absolute atomic E-state index is 0.458. The third-order valence-electron chi connectivity index (χ3n) is 5.88. The van der Waals surface area contributed by atoms with Gasteiger partial charge in [-0.1, -0.05) is 31.2 Å². The Balaban J connectivity index is 1.46. The molecule has 5 nitrogen and oxygen atoms in total. The van der Waals surface area contributed by atoms with Gasteiger partial charge in [0.15, 0.2) is 5.96 Å². The lowest BCUT2D eigenvalue weighted by atomic mass is 9.78. The molecule has 5 heteroatoms. The number of nitrogens with one attached hydrogen (secondary N) is 1. The van der Waals surface area contributed by atoms with E-state index in [4.69, 9.17) is 4.99 Å². The third kappa shape index (κ3) is 3.35. The van der Waals surface area contributed by atoms with Crippen molar-refractivity contribution in [3.63, 3.8) is 0 Å². The van der Waals surface area contributed by atoms with Crippen LogP contribution in [0.15, 0.2) is 48.0 Å². The monoisotopic (exact) mass is 351 g/mol. The number of nitrogens with zero attached hydrogens (tertiary/aromatic N) is 4. The Hall–Kier alpha value is -2.30. The summed E-state index contributed by atoms with van der Waals surface area (Å²) in [6.45, 7) is 8.33. The molecule has 1 aliphatic heterocycles. The van der Waals surface area contributed by atoms with E-state index in [0.717, 1.165) is 38.6 Å². The molecule has 3 atom stereocenters. The van der Waals surface area contributed by atoms with Gasteiger partial charge in [0, 0.05) is 44.5 Å². The van der Waals surface area contributed by atoms with Crippen LogP contribution in [-0.4, -0.2) is 46.6 Å². The predicted octanol–water partition coefficient (Wildman–Crippen LogP) is 3.07. The Bertz CT molecular complexity index is 752. The largest absolute Gasteiger partial charge is 0.357 e. The second kappa shape index (κ2) is 7.52. The van der Waals surface area contributed by atoms with Gasteiger partial charge in [0.2, 0.25) is 0 Å². The Labute approximate surface area is 156 Å². The van der Waals surface area contributed by atoms with Crippen LogP contribution in [0.2, 0.25) is 0 Å². The van der Waals surface area contributed by atoms with Gasteiger partial charge in [-0.25, -0.2) is 4.98 Å². The minimum Gasteiger partial charge on any atom is -0.357 e. The van der Waals surface area contributed by atoms with E-state index in [2.05, 4.69) is 64.1 Å². The Morgan fingerprint density at radius 1 is 1.35 bits per heavy atom. The van der Waals surface area contributed by atoms with E-state index < -0.39 is 0 Å². The van der Waals surface area contributed by atoms with Gasteiger partial charge in [-0.3, -0.25) is 4.99 Å². The first kappa shape index (κ1) is 17.1.